The summed E-state index contributed by atoms with van der Waals surface area (Å²) < 4.78 is 1.93. The number of piperidine rings is 1. The molecule has 0 radical (unpaired) electrons. The molecule has 0 saturated carbocycles. The molecule has 1 N–H and O–H groups in total. The Morgan fingerprint density at radius 2 is 1.79 bits per heavy atom. The van der Waals surface area contributed by atoms with Crippen LogP contribution in [0.15, 0.2) is 36.7 Å². The van der Waals surface area contributed by atoms with E-state index in [1.54, 1.807) is 12.1 Å². The summed E-state index contributed by atoms with van der Waals surface area (Å²) in [5, 5.41) is 13.2. The standard InChI is InChI=1S/C18H21N3O3/c1-2-21-12-16(11-19-21)13-7-9-20(10-8-13)17(22)14-3-5-15(6-4-14)18(23)24/h3-6,11-13H,2,7-10H2,1H3,(H,23,24). The number of carbonyl (C=O) groups excluding carboxylic acids is 1. The molecule has 126 valence electrons. The van der Waals surface area contributed by atoms with Crippen LogP contribution in [0.2, 0.25) is 0 Å². The molecule has 3 rings (SSSR count). The summed E-state index contributed by atoms with van der Waals surface area (Å²) in [4.78, 5) is 25.3. The summed E-state index contributed by atoms with van der Waals surface area (Å²) in [6.07, 6.45) is 5.87. The van der Waals surface area contributed by atoms with Crippen LogP contribution in [0, 0.1) is 0 Å². The predicted octanol–water partition coefficient (Wildman–Crippen LogP) is 2.62. The Labute approximate surface area is 140 Å². The van der Waals surface area contributed by atoms with Crippen LogP contribution in [-0.2, 0) is 6.54 Å². The van der Waals surface area contributed by atoms with E-state index >= 15 is 0 Å². The molecular weight excluding hydrogens is 306 g/mol. The number of aromatic nitrogens is 2. The van der Waals surface area contributed by atoms with E-state index < -0.39 is 5.97 Å². The van der Waals surface area contributed by atoms with Crippen molar-refractivity contribution >= 4 is 11.9 Å². The molecule has 1 aliphatic rings. The topological polar surface area (TPSA) is 75.4 Å². The van der Waals surface area contributed by atoms with Crippen molar-refractivity contribution in [1.29, 1.82) is 0 Å². The Bertz CT molecular complexity index is 728. The molecule has 6 nitrogen and oxygen atoms in total. The lowest BCUT2D eigenvalue weighted by Gasteiger charge is -2.31. The first-order valence-electron chi connectivity index (χ1n) is 8.23. The third-order valence-corrected chi connectivity index (χ3v) is 4.61. The Hall–Kier alpha value is -2.63. The Kier molecular flexibility index (Phi) is 4.64. The van der Waals surface area contributed by atoms with Gasteiger partial charge in [0.15, 0.2) is 0 Å². The molecule has 0 bridgehead atoms. The maximum absolute atomic E-state index is 12.5. The Morgan fingerprint density at radius 1 is 1.17 bits per heavy atom. The molecule has 2 aromatic rings. The van der Waals surface area contributed by atoms with Crippen LogP contribution in [0.5, 0.6) is 0 Å². The quantitative estimate of drug-likeness (QED) is 0.936. The normalized spacial score (nSPS) is 15.5. The van der Waals surface area contributed by atoms with Crippen LogP contribution in [0.4, 0.5) is 0 Å². The molecule has 0 atom stereocenters. The maximum atomic E-state index is 12.5. The highest BCUT2D eigenvalue weighted by atomic mass is 16.4. The van der Waals surface area contributed by atoms with E-state index in [4.69, 9.17) is 5.11 Å². The van der Waals surface area contributed by atoms with Gasteiger partial charge in [-0.25, -0.2) is 4.79 Å². The fourth-order valence-corrected chi connectivity index (χ4v) is 3.12. The van der Waals surface area contributed by atoms with E-state index in [-0.39, 0.29) is 11.5 Å². The lowest BCUT2D eigenvalue weighted by Crippen LogP contribution is -2.37. The first-order valence-corrected chi connectivity index (χ1v) is 8.23. The second-order valence-corrected chi connectivity index (χ2v) is 6.08. The third kappa shape index (κ3) is 3.32. The van der Waals surface area contributed by atoms with Gasteiger partial charge in [0.1, 0.15) is 0 Å². The first kappa shape index (κ1) is 16.2. The van der Waals surface area contributed by atoms with Gasteiger partial charge < -0.3 is 10.0 Å². The van der Waals surface area contributed by atoms with Gasteiger partial charge in [0.25, 0.3) is 5.91 Å². The number of carbonyl (C=O) groups is 2. The minimum absolute atomic E-state index is 0.0327. The second-order valence-electron chi connectivity index (χ2n) is 6.08. The smallest absolute Gasteiger partial charge is 0.335 e. The summed E-state index contributed by atoms with van der Waals surface area (Å²) >= 11 is 0. The molecule has 1 aromatic carbocycles. The number of likely N-dealkylation sites (tertiary alicyclic amines) is 1. The zero-order chi connectivity index (χ0) is 17.1. The molecule has 1 aromatic heterocycles. The number of hydrogen-bond acceptors (Lipinski definition) is 3. The average Bonchev–Trinajstić information content (AvgIpc) is 3.10. The lowest BCUT2D eigenvalue weighted by atomic mass is 9.91. The van der Waals surface area contributed by atoms with Gasteiger partial charge in [-0.3, -0.25) is 9.48 Å². The number of benzene rings is 1. The number of aromatic carboxylic acids is 1. The van der Waals surface area contributed by atoms with Crippen LogP contribution < -0.4 is 0 Å². The van der Waals surface area contributed by atoms with Gasteiger partial charge in [0, 0.05) is 31.4 Å². The van der Waals surface area contributed by atoms with Crippen LogP contribution in [0.1, 0.15) is 52.0 Å². The number of nitrogens with zero attached hydrogens (tertiary/aromatic N) is 3. The van der Waals surface area contributed by atoms with E-state index in [0.29, 0.717) is 24.6 Å². The Balaban J connectivity index is 1.61. The van der Waals surface area contributed by atoms with E-state index in [1.807, 2.05) is 15.8 Å². The molecule has 1 fully saturated rings. The lowest BCUT2D eigenvalue weighted by molar-refractivity contribution is 0.0689. The van der Waals surface area contributed by atoms with Gasteiger partial charge in [0.05, 0.1) is 11.8 Å². The summed E-state index contributed by atoms with van der Waals surface area (Å²) in [5.41, 5.74) is 1.98. The highest BCUT2D eigenvalue weighted by Crippen LogP contribution is 2.28. The van der Waals surface area contributed by atoms with Crippen molar-refractivity contribution in [2.45, 2.75) is 32.2 Å². The van der Waals surface area contributed by atoms with Crippen molar-refractivity contribution < 1.29 is 14.7 Å². The summed E-state index contributed by atoms with van der Waals surface area (Å²) in [7, 11) is 0. The van der Waals surface area contributed by atoms with Crippen molar-refractivity contribution in [3.63, 3.8) is 0 Å². The fourth-order valence-electron chi connectivity index (χ4n) is 3.12. The molecule has 0 unspecified atom stereocenters. The molecule has 0 spiro atoms. The molecule has 1 saturated heterocycles. The van der Waals surface area contributed by atoms with E-state index in [0.717, 1.165) is 19.4 Å². The van der Waals surface area contributed by atoms with Crippen LogP contribution >= 0.6 is 0 Å². The molecule has 1 aliphatic heterocycles. The highest BCUT2D eigenvalue weighted by Gasteiger charge is 2.25. The average molecular weight is 327 g/mol. The Morgan fingerprint density at radius 3 is 2.33 bits per heavy atom. The summed E-state index contributed by atoms with van der Waals surface area (Å²) in [6, 6.07) is 6.12. The van der Waals surface area contributed by atoms with Gasteiger partial charge in [-0.1, -0.05) is 0 Å². The van der Waals surface area contributed by atoms with Crippen LogP contribution in [-0.4, -0.2) is 44.8 Å². The number of amides is 1. The minimum Gasteiger partial charge on any atom is -0.478 e. The van der Waals surface area contributed by atoms with Crippen molar-refractivity contribution in [1.82, 2.24) is 14.7 Å². The van der Waals surface area contributed by atoms with Crippen molar-refractivity contribution in [2.75, 3.05) is 13.1 Å². The van der Waals surface area contributed by atoms with Crippen LogP contribution in [0.25, 0.3) is 0 Å². The van der Waals surface area contributed by atoms with E-state index in [2.05, 4.69) is 18.2 Å². The molecule has 24 heavy (non-hydrogen) atoms. The fraction of sp³-hybridized carbons (Fsp3) is 0.389. The third-order valence-electron chi connectivity index (χ3n) is 4.61. The SMILES string of the molecule is CCn1cc(C2CCN(C(=O)c3ccc(C(=O)O)cc3)CC2)cn1. The van der Waals surface area contributed by atoms with Crippen LogP contribution in [0.3, 0.4) is 0 Å². The largest absolute Gasteiger partial charge is 0.478 e. The minimum atomic E-state index is -0.984. The highest BCUT2D eigenvalue weighted by molar-refractivity contribution is 5.96. The summed E-state index contributed by atoms with van der Waals surface area (Å²) in [6.45, 7) is 4.35. The number of hydrogen-bond donors (Lipinski definition) is 1. The van der Waals surface area contributed by atoms with E-state index in [9.17, 15) is 9.59 Å². The zero-order valence-corrected chi connectivity index (χ0v) is 13.7. The van der Waals surface area contributed by atoms with Gasteiger partial charge >= 0.3 is 5.97 Å². The zero-order valence-electron chi connectivity index (χ0n) is 13.7. The predicted molar refractivity (Wildman–Crippen MR) is 89.2 cm³/mol. The van der Waals surface area contributed by atoms with Crippen molar-refractivity contribution in [2.24, 2.45) is 0 Å². The molecular formula is C18H21N3O3. The van der Waals surface area contributed by atoms with Gasteiger partial charge in [-0.15, -0.1) is 0 Å². The number of carboxylic acids is 1. The van der Waals surface area contributed by atoms with Gasteiger partial charge in [-0.2, -0.15) is 5.10 Å². The summed E-state index contributed by atoms with van der Waals surface area (Å²) in [5.74, 6) is -0.569. The van der Waals surface area contributed by atoms with Gasteiger partial charge in [0.2, 0.25) is 0 Å². The first-order chi connectivity index (χ1) is 11.6. The molecule has 0 aliphatic carbocycles. The van der Waals surface area contributed by atoms with Crippen molar-refractivity contribution in [3.05, 3.63) is 53.3 Å². The van der Waals surface area contributed by atoms with E-state index in [1.165, 1.54) is 17.7 Å². The number of rotatable bonds is 4. The maximum Gasteiger partial charge on any atom is 0.335 e. The monoisotopic (exact) mass is 327 g/mol. The second kappa shape index (κ2) is 6.86. The molecule has 6 heteroatoms. The van der Waals surface area contributed by atoms with Crippen molar-refractivity contribution in [3.8, 4) is 0 Å². The van der Waals surface area contributed by atoms with Gasteiger partial charge in [-0.05, 0) is 55.5 Å². The number of carboxylic acid groups (broad SMARTS) is 1. The molecule has 2 heterocycles. The molecule has 1 amide bonds. The number of aryl methyl sites for hydroxylation is 1.